The first kappa shape index (κ1) is 14.9. The third kappa shape index (κ3) is 4.54. The quantitative estimate of drug-likeness (QED) is 0.707. The van der Waals surface area contributed by atoms with Gasteiger partial charge in [-0.3, -0.25) is 4.90 Å². The maximum Gasteiger partial charge on any atom is 0.0601 e. The van der Waals surface area contributed by atoms with E-state index in [1.165, 1.54) is 6.54 Å². The van der Waals surface area contributed by atoms with Crippen molar-refractivity contribution in [2.45, 2.75) is 39.3 Å². The van der Waals surface area contributed by atoms with Crippen molar-refractivity contribution in [2.24, 2.45) is 11.7 Å². The fourth-order valence-corrected chi connectivity index (χ4v) is 2.59. The van der Waals surface area contributed by atoms with Crippen LogP contribution in [0.1, 0.15) is 27.2 Å². The maximum absolute atomic E-state index is 9.46. The van der Waals surface area contributed by atoms with E-state index in [1.807, 2.05) is 0 Å². The van der Waals surface area contributed by atoms with Gasteiger partial charge in [-0.2, -0.15) is 0 Å². The summed E-state index contributed by atoms with van der Waals surface area (Å²) in [6.45, 7) is 12.2. The van der Waals surface area contributed by atoms with Crippen LogP contribution in [0, 0.1) is 5.92 Å². The molecular weight excluding hydrogens is 214 g/mol. The summed E-state index contributed by atoms with van der Waals surface area (Å²) in [6, 6.07) is 0.234. The number of nitrogens with zero attached hydrogens (tertiary/aromatic N) is 2. The van der Waals surface area contributed by atoms with Crippen molar-refractivity contribution < 1.29 is 5.11 Å². The zero-order chi connectivity index (χ0) is 12.8. The van der Waals surface area contributed by atoms with Crippen molar-refractivity contribution in [3.05, 3.63) is 0 Å². The molecule has 1 fully saturated rings. The molecule has 0 bridgehead atoms. The van der Waals surface area contributed by atoms with Gasteiger partial charge in [0.1, 0.15) is 0 Å². The van der Waals surface area contributed by atoms with E-state index in [0.717, 1.165) is 38.5 Å². The van der Waals surface area contributed by atoms with Crippen LogP contribution in [-0.4, -0.2) is 66.3 Å². The molecule has 1 heterocycles. The number of hydrogen-bond donors (Lipinski definition) is 2. The Balaban J connectivity index is 2.39. The first-order valence-electron chi connectivity index (χ1n) is 6.91. The largest absolute Gasteiger partial charge is 0.395 e. The minimum absolute atomic E-state index is 0.0941. The second kappa shape index (κ2) is 7.31. The monoisotopic (exact) mass is 243 g/mol. The Labute approximate surface area is 106 Å². The van der Waals surface area contributed by atoms with Crippen molar-refractivity contribution in [3.63, 3.8) is 0 Å². The van der Waals surface area contributed by atoms with Gasteiger partial charge in [-0.25, -0.2) is 0 Å². The Hall–Kier alpha value is -0.160. The normalized spacial score (nSPS) is 22.9. The summed E-state index contributed by atoms with van der Waals surface area (Å²) in [5, 5.41) is 9.46. The topological polar surface area (TPSA) is 52.7 Å². The molecule has 0 aromatic carbocycles. The van der Waals surface area contributed by atoms with E-state index in [2.05, 4.69) is 30.6 Å². The SMILES string of the molecule is CCC(N)C(CO)N1CCN(CC(C)C)CC1. The molecule has 0 radical (unpaired) electrons. The first-order chi connectivity index (χ1) is 8.08. The van der Waals surface area contributed by atoms with Gasteiger partial charge in [0.25, 0.3) is 0 Å². The summed E-state index contributed by atoms with van der Waals surface area (Å²) in [4.78, 5) is 4.86. The zero-order valence-electron chi connectivity index (χ0n) is 11.6. The van der Waals surface area contributed by atoms with Crippen molar-refractivity contribution in [3.8, 4) is 0 Å². The molecule has 2 unspecified atom stereocenters. The molecule has 0 aromatic heterocycles. The molecule has 0 aromatic rings. The van der Waals surface area contributed by atoms with Crippen LogP contribution in [0.4, 0.5) is 0 Å². The fraction of sp³-hybridized carbons (Fsp3) is 1.00. The van der Waals surface area contributed by atoms with Gasteiger partial charge in [0.2, 0.25) is 0 Å². The van der Waals surface area contributed by atoms with Crippen LogP contribution in [0.15, 0.2) is 0 Å². The standard InChI is InChI=1S/C13H29N3O/c1-4-12(14)13(10-17)16-7-5-15(6-8-16)9-11(2)3/h11-13,17H,4-10,14H2,1-3H3. The summed E-state index contributed by atoms with van der Waals surface area (Å²) < 4.78 is 0. The van der Waals surface area contributed by atoms with Crippen LogP contribution >= 0.6 is 0 Å². The summed E-state index contributed by atoms with van der Waals surface area (Å²) in [5.41, 5.74) is 6.06. The zero-order valence-corrected chi connectivity index (χ0v) is 11.6. The molecule has 4 nitrogen and oxygen atoms in total. The third-order valence-electron chi connectivity index (χ3n) is 3.65. The van der Waals surface area contributed by atoms with Crippen LogP contribution in [0.2, 0.25) is 0 Å². The molecule has 3 N–H and O–H groups in total. The molecule has 0 aliphatic carbocycles. The van der Waals surface area contributed by atoms with Crippen LogP contribution in [-0.2, 0) is 0 Å². The molecule has 1 rings (SSSR count). The third-order valence-corrected chi connectivity index (χ3v) is 3.65. The molecule has 0 saturated carbocycles. The lowest BCUT2D eigenvalue weighted by atomic mass is 10.0. The van der Waals surface area contributed by atoms with Gasteiger partial charge in [0.05, 0.1) is 6.61 Å². The smallest absolute Gasteiger partial charge is 0.0601 e. The van der Waals surface area contributed by atoms with Gasteiger partial charge in [0, 0.05) is 44.8 Å². The molecule has 102 valence electrons. The average molecular weight is 243 g/mol. The first-order valence-corrected chi connectivity index (χ1v) is 6.91. The van der Waals surface area contributed by atoms with Gasteiger partial charge in [-0.05, 0) is 12.3 Å². The van der Waals surface area contributed by atoms with Crippen molar-refractivity contribution in [1.29, 1.82) is 0 Å². The van der Waals surface area contributed by atoms with Crippen molar-refractivity contribution >= 4 is 0 Å². The predicted octanol–water partition coefficient (Wildman–Crippen LogP) is 0.358. The van der Waals surface area contributed by atoms with Gasteiger partial charge < -0.3 is 15.7 Å². The Morgan fingerprint density at radius 2 is 1.76 bits per heavy atom. The lowest BCUT2D eigenvalue weighted by Gasteiger charge is -2.41. The highest BCUT2D eigenvalue weighted by Crippen LogP contribution is 2.11. The molecule has 2 atom stereocenters. The lowest BCUT2D eigenvalue weighted by Crippen LogP contribution is -2.57. The molecule has 1 saturated heterocycles. The van der Waals surface area contributed by atoms with Crippen LogP contribution in [0.25, 0.3) is 0 Å². The molecule has 4 heteroatoms. The van der Waals surface area contributed by atoms with Crippen LogP contribution in [0.3, 0.4) is 0 Å². The van der Waals surface area contributed by atoms with Crippen molar-refractivity contribution in [1.82, 2.24) is 9.80 Å². The molecule has 17 heavy (non-hydrogen) atoms. The number of aliphatic hydroxyl groups excluding tert-OH is 1. The van der Waals surface area contributed by atoms with Gasteiger partial charge in [0.15, 0.2) is 0 Å². The summed E-state index contributed by atoms with van der Waals surface area (Å²) >= 11 is 0. The highest BCUT2D eigenvalue weighted by atomic mass is 16.3. The average Bonchev–Trinajstić information content (AvgIpc) is 2.31. The lowest BCUT2D eigenvalue weighted by molar-refractivity contribution is 0.0491. The second-order valence-electron chi connectivity index (χ2n) is 5.55. The Morgan fingerprint density at radius 3 is 2.18 bits per heavy atom. The number of rotatable bonds is 6. The maximum atomic E-state index is 9.46. The van der Waals surface area contributed by atoms with Crippen LogP contribution < -0.4 is 5.73 Å². The number of nitrogens with two attached hydrogens (primary N) is 1. The van der Waals surface area contributed by atoms with E-state index in [-0.39, 0.29) is 18.7 Å². The van der Waals surface area contributed by atoms with E-state index >= 15 is 0 Å². The predicted molar refractivity (Wildman–Crippen MR) is 72.0 cm³/mol. The van der Waals surface area contributed by atoms with Gasteiger partial charge >= 0.3 is 0 Å². The summed E-state index contributed by atoms with van der Waals surface area (Å²) in [5.74, 6) is 0.730. The number of hydrogen-bond acceptors (Lipinski definition) is 4. The van der Waals surface area contributed by atoms with E-state index in [1.54, 1.807) is 0 Å². The van der Waals surface area contributed by atoms with E-state index in [4.69, 9.17) is 5.73 Å². The van der Waals surface area contributed by atoms with E-state index in [9.17, 15) is 5.11 Å². The Morgan fingerprint density at radius 1 is 1.18 bits per heavy atom. The summed E-state index contributed by atoms with van der Waals surface area (Å²) in [7, 11) is 0. The molecule has 0 amide bonds. The summed E-state index contributed by atoms with van der Waals surface area (Å²) in [6.07, 6.45) is 0.928. The Bertz CT molecular complexity index is 203. The van der Waals surface area contributed by atoms with Crippen LogP contribution in [0.5, 0.6) is 0 Å². The second-order valence-corrected chi connectivity index (χ2v) is 5.55. The highest BCUT2D eigenvalue weighted by molar-refractivity contribution is 4.84. The number of aliphatic hydroxyl groups is 1. The fourth-order valence-electron chi connectivity index (χ4n) is 2.59. The highest BCUT2D eigenvalue weighted by Gasteiger charge is 2.26. The minimum Gasteiger partial charge on any atom is -0.395 e. The van der Waals surface area contributed by atoms with Crippen molar-refractivity contribution in [2.75, 3.05) is 39.3 Å². The Kier molecular flexibility index (Phi) is 6.41. The molecular formula is C13H29N3O. The van der Waals surface area contributed by atoms with E-state index in [0.29, 0.717) is 0 Å². The molecule has 1 aliphatic rings. The van der Waals surface area contributed by atoms with E-state index < -0.39 is 0 Å². The van der Waals surface area contributed by atoms with Gasteiger partial charge in [-0.1, -0.05) is 20.8 Å². The minimum atomic E-state index is 0.0941. The number of piperazine rings is 1. The molecule has 0 spiro atoms. The van der Waals surface area contributed by atoms with Gasteiger partial charge in [-0.15, -0.1) is 0 Å². The molecule has 1 aliphatic heterocycles.